The van der Waals surface area contributed by atoms with Crippen LogP contribution in [0.25, 0.3) is 0 Å². The smallest absolute Gasteiger partial charge is 0.251 e. The van der Waals surface area contributed by atoms with Crippen LogP contribution in [0.3, 0.4) is 0 Å². The number of hydrogen-bond donors (Lipinski definition) is 2. The van der Waals surface area contributed by atoms with Crippen LogP contribution in [0.15, 0.2) is 48.5 Å². The number of hydrogen-bond acceptors (Lipinski definition) is 2. The predicted molar refractivity (Wildman–Crippen MR) is 109 cm³/mol. The average molecular weight is 364 g/mol. The Bertz CT molecular complexity index is 777. The fraction of sp³-hybridized carbons (Fsp3) is 0.391. The van der Waals surface area contributed by atoms with E-state index in [0.29, 0.717) is 11.5 Å². The first-order valence-corrected chi connectivity index (χ1v) is 9.93. The number of aryl methyl sites for hydroxylation is 1. The highest BCUT2D eigenvalue weighted by Crippen LogP contribution is 2.32. The van der Waals surface area contributed by atoms with E-state index in [9.17, 15) is 9.59 Å². The molecule has 0 spiro atoms. The van der Waals surface area contributed by atoms with Crippen LogP contribution < -0.4 is 10.6 Å². The average Bonchev–Trinajstić information content (AvgIpc) is 2.73. The molecule has 3 rings (SSSR count). The van der Waals surface area contributed by atoms with Crippen molar-refractivity contribution in [3.8, 4) is 0 Å². The molecule has 0 saturated heterocycles. The van der Waals surface area contributed by atoms with Crippen molar-refractivity contribution in [3.05, 3.63) is 65.2 Å². The number of carbonyl (C=O) groups excluding carboxylic acids is 2. The number of benzene rings is 2. The minimum Gasteiger partial charge on any atom is -0.343 e. The molecular weight excluding hydrogens is 336 g/mol. The SMILES string of the molecule is CCc1ccccc1NC(=O)CNC(=O)c1ccc(C2CCCCC2)cc1. The summed E-state index contributed by atoms with van der Waals surface area (Å²) in [6, 6.07) is 15.6. The van der Waals surface area contributed by atoms with Crippen LogP contribution in [-0.2, 0) is 11.2 Å². The number of para-hydroxylation sites is 1. The second-order valence-corrected chi connectivity index (χ2v) is 7.20. The summed E-state index contributed by atoms with van der Waals surface area (Å²) in [7, 11) is 0. The molecule has 0 atom stereocenters. The Balaban J connectivity index is 1.52. The van der Waals surface area contributed by atoms with Gasteiger partial charge in [0.05, 0.1) is 6.54 Å². The Kier molecular flexibility index (Phi) is 6.64. The van der Waals surface area contributed by atoms with Gasteiger partial charge in [-0.25, -0.2) is 0 Å². The van der Waals surface area contributed by atoms with E-state index in [-0.39, 0.29) is 18.4 Å². The first kappa shape index (κ1) is 19.2. The molecule has 2 N–H and O–H groups in total. The van der Waals surface area contributed by atoms with E-state index in [1.165, 1.54) is 37.7 Å². The highest BCUT2D eigenvalue weighted by molar-refractivity contribution is 5.99. The lowest BCUT2D eigenvalue weighted by atomic mass is 9.84. The van der Waals surface area contributed by atoms with Gasteiger partial charge in [0.1, 0.15) is 0 Å². The molecule has 27 heavy (non-hydrogen) atoms. The van der Waals surface area contributed by atoms with E-state index >= 15 is 0 Å². The maximum Gasteiger partial charge on any atom is 0.251 e. The summed E-state index contributed by atoms with van der Waals surface area (Å²) in [6.07, 6.45) is 7.25. The van der Waals surface area contributed by atoms with Gasteiger partial charge in [0, 0.05) is 11.3 Å². The van der Waals surface area contributed by atoms with Crippen LogP contribution in [0.5, 0.6) is 0 Å². The van der Waals surface area contributed by atoms with Crippen molar-refractivity contribution in [2.24, 2.45) is 0 Å². The van der Waals surface area contributed by atoms with Gasteiger partial charge in [0.25, 0.3) is 5.91 Å². The van der Waals surface area contributed by atoms with Crippen LogP contribution in [0.2, 0.25) is 0 Å². The van der Waals surface area contributed by atoms with Crippen LogP contribution in [0.4, 0.5) is 5.69 Å². The van der Waals surface area contributed by atoms with Crippen molar-refractivity contribution < 1.29 is 9.59 Å². The third-order valence-corrected chi connectivity index (χ3v) is 5.33. The molecule has 1 fully saturated rings. The third kappa shape index (κ3) is 5.19. The van der Waals surface area contributed by atoms with Crippen molar-refractivity contribution in [1.82, 2.24) is 5.32 Å². The predicted octanol–water partition coefficient (Wildman–Crippen LogP) is 4.67. The Morgan fingerprint density at radius 2 is 1.67 bits per heavy atom. The van der Waals surface area contributed by atoms with E-state index in [0.717, 1.165) is 17.7 Å². The molecule has 142 valence electrons. The van der Waals surface area contributed by atoms with E-state index < -0.39 is 0 Å². The van der Waals surface area contributed by atoms with Crippen molar-refractivity contribution in [2.75, 3.05) is 11.9 Å². The Morgan fingerprint density at radius 1 is 0.963 bits per heavy atom. The molecule has 0 radical (unpaired) electrons. The second-order valence-electron chi connectivity index (χ2n) is 7.20. The molecule has 1 saturated carbocycles. The van der Waals surface area contributed by atoms with Crippen LogP contribution in [-0.4, -0.2) is 18.4 Å². The number of rotatable bonds is 6. The summed E-state index contributed by atoms with van der Waals surface area (Å²) < 4.78 is 0. The van der Waals surface area contributed by atoms with Gasteiger partial charge in [-0.2, -0.15) is 0 Å². The lowest BCUT2D eigenvalue weighted by Gasteiger charge is -2.22. The molecule has 2 aromatic rings. The Hall–Kier alpha value is -2.62. The molecule has 0 heterocycles. The van der Waals surface area contributed by atoms with Crippen LogP contribution >= 0.6 is 0 Å². The molecule has 4 nitrogen and oxygen atoms in total. The van der Waals surface area contributed by atoms with Gasteiger partial charge in [-0.05, 0) is 54.5 Å². The molecule has 1 aliphatic rings. The zero-order valence-corrected chi connectivity index (χ0v) is 16.0. The van der Waals surface area contributed by atoms with Gasteiger partial charge >= 0.3 is 0 Å². The summed E-state index contributed by atoms with van der Waals surface area (Å²) in [6.45, 7) is 2.00. The van der Waals surface area contributed by atoms with Crippen molar-refractivity contribution >= 4 is 17.5 Å². The summed E-state index contributed by atoms with van der Waals surface area (Å²) >= 11 is 0. The van der Waals surface area contributed by atoms with Gasteiger partial charge in [-0.3, -0.25) is 9.59 Å². The monoisotopic (exact) mass is 364 g/mol. The number of anilines is 1. The maximum absolute atomic E-state index is 12.3. The lowest BCUT2D eigenvalue weighted by Crippen LogP contribution is -2.33. The number of carbonyl (C=O) groups is 2. The quantitative estimate of drug-likeness (QED) is 0.783. The fourth-order valence-corrected chi connectivity index (χ4v) is 3.75. The summed E-state index contributed by atoms with van der Waals surface area (Å²) in [5.41, 5.74) is 3.79. The zero-order valence-electron chi connectivity index (χ0n) is 16.0. The summed E-state index contributed by atoms with van der Waals surface area (Å²) in [4.78, 5) is 24.5. The molecule has 0 aromatic heterocycles. The van der Waals surface area contributed by atoms with Gasteiger partial charge in [-0.1, -0.05) is 56.5 Å². The third-order valence-electron chi connectivity index (χ3n) is 5.33. The molecule has 0 aliphatic heterocycles. The van der Waals surface area contributed by atoms with Crippen molar-refractivity contribution in [2.45, 2.75) is 51.4 Å². The number of nitrogens with one attached hydrogen (secondary N) is 2. The minimum atomic E-state index is -0.219. The van der Waals surface area contributed by atoms with Crippen LogP contribution in [0.1, 0.15) is 66.4 Å². The Labute approximate surface area is 161 Å². The summed E-state index contributed by atoms with van der Waals surface area (Å²) in [5.74, 6) is 0.187. The lowest BCUT2D eigenvalue weighted by molar-refractivity contribution is -0.115. The molecular formula is C23H28N2O2. The number of amides is 2. The highest BCUT2D eigenvalue weighted by Gasteiger charge is 2.16. The second kappa shape index (κ2) is 9.36. The molecule has 0 unspecified atom stereocenters. The van der Waals surface area contributed by atoms with Crippen molar-refractivity contribution in [1.29, 1.82) is 0 Å². The first-order valence-electron chi connectivity index (χ1n) is 9.93. The largest absolute Gasteiger partial charge is 0.343 e. The molecule has 4 heteroatoms. The Morgan fingerprint density at radius 3 is 2.37 bits per heavy atom. The zero-order chi connectivity index (χ0) is 19.1. The van der Waals surface area contributed by atoms with Gasteiger partial charge < -0.3 is 10.6 Å². The maximum atomic E-state index is 12.3. The fourth-order valence-electron chi connectivity index (χ4n) is 3.75. The van der Waals surface area contributed by atoms with Gasteiger partial charge in [0.15, 0.2) is 0 Å². The highest BCUT2D eigenvalue weighted by atomic mass is 16.2. The standard InChI is InChI=1S/C23H28N2O2/c1-2-17-8-6-7-11-21(17)25-22(26)16-24-23(27)20-14-12-19(13-15-20)18-9-4-3-5-10-18/h6-8,11-15,18H,2-5,9-10,16H2,1H3,(H,24,27)(H,25,26). The molecule has 2 amide bonds. The van der Waals surface area contributed by atoms with Crippen LogP contribution in [0, 0.1) is 0 Å². The van der Waals surface area contributed by atoms with Gasteiger partial charge in [-0.15, -0.1) is 0 Å². The topological polar surface area (TPSA) is 58.2 Å². The molecule has 1 aliphatic carbocycles. The molecule has 2 aromatic carbocycles. The van der Waals surface area contributed by atoms with Crippen molar-refractivity contribution in [3.63, 3.8) is 0 Å². The normalized spacial score (nSPS) is 14.6. The van der Waals surface area contributed by atoms with E-state index in [4.69, 9.17) is 0 Å². The van der Waals surface area contributed by atoms with E-state index in [1.54, 1.807) is 0 Å². The van der Waals surface area contributed by atoms with E-state index in [1.807, 2.05) is 43.3 Å². The minimum absolute atomic E-state index is 0.0404. The first-order chi connectivity index (χ1) is 13.2. The summed E-state index contributed by atoms with van der Waals surface area (Å²) in [5, 5.41) is 5.57. The van der Waals surface area contributed by atoms with E-state index in [2.05, 4.69) is 22.8 Å². The van der Waals surface area contributed by atoms with Gasteiger partial charge in [0.2, 0.25) is 5.91 Å². The molecule has 0 bridgehead atoms.